The highest BCUT2D eigenvalue weighted by Gasteiger charge is 2.39. The Morgan fingerprint density at radius 3 is 2.59 bits per heavy atom. The molecule has 1 heterocycles. The Bertz CT molecular complexity index is 941. The van der Waals surface area contributed by atoms with E-state index in [4.69, 9.17) is 5.11 Å². The molecule has 0 spiro atoms. The SMILES string of the molecule is O=C(O)N[C@@H]1C[C@H]1c1ccc(NC(=O)c2cccc(N3CCCCC3=O)c2)cc1. The third kappa shape index (κ3) is 4.39. The Kier molecular flexibility index (Phi) is 5.20. The van der Waals surface area contributed by atoms with Crippen LogP contribution in [0.25, 0.3) is 0 Å². The van der Waals surface area contributed by atoms with Crippen molar-refractivity contribution in [3.8, 4) is 0 Å². The zero-order valence-electron chi connectivity index (χ0n) is 15.9. The van der Waals surface area contributed by atoms with Crippen LogP contribution in [0.1, 0.15) is 47.5 Å². The maximum absolute atomic E-state index is 12.6. The van der Waals surface area contributed by atoms with E-state index in [1.165, 1.54) is 0 Å². The fourth-order valence-electron chi connectivity index (χ4n) is 3.79. The highest BCUT2D eigenvalue weighted by Crippen LogP contribution is 2.41. The predicted molar refractivity (Wildman–Crippen MR) is 109 cm³/mol. The molecule has 0 radical (unpaired) electrons. The molecular formula is C22H23N3O4. The molecule has 2 aromatic carbocycles. The van der Waals surface area contributed by atoms with Crippen molar-refractivity contribution in [3.63, 3.8) is 0 Å². The van der Waals surface area contributed by atoms with Crippen molar-refractivity contribution < 1.29 is 19.5 Å². The Morgan fingerprint density at radius 1 is 1.07 bits per heavy atom. The number of carboxylic acid groups (broad SMARTS) is 1. The zero-order chi connectivity index (χ0) is 20.4. The van der Waals surface area contributed by atoms with Crippen LogP contribution in [0.15, 0.2) is 48.5 Å². The predicted octanol–water partition coefficient (Wildman–Crippen LogP) is 3.58. The smallest absolute Gasteiger partial charge is 0.404 e. The highest BCUT2D eigenvalue weighted by atomic mass is 16.4. The number of hydrogen-bond acceptors (Lipinski definition) is 3. The minimum absolute atomic E-state index is 0.0341. The van der Waals surface area contributed by atoms with Gasteiger partial charge in [-0.05, 0) is 55.2 Å². The van der Waals surface area contributed by atoms with Crippen LogP contribution in [0.3, 0.4) is 0 Å². The van der Waals surface area contributed by atoms with Crippen LogP contribution in [0.4, 0.5) is 16.2 Å². The molecule has 7 nitrogen and oxygen atoms in total. The largest absolute Gasteiger partial charge is 0.465 e. The number of rotatable bonds is 5. The fraction of sp³-hybridized carbons (Fsp3) is 0.318. The third-order valence-corrected chi connectivity index (χ3v) is 5.44. The number of nitrogens with zero attached hydrogens (tertiary/aromatic N) is 1. The van der Waals surface area contributed by atoms with Gasteiger partial charge in [0, 0.05) is 41.9 Å². The quantitative estimate of drug-likeness (QED) is 0.723. The van der Waals surface area contributed by atoms with Gasteiger partial charge in [-0.25, -0.2) is 4.79 Å². The summed E-state index contributed by atoms with van der Waals surface area (Å²) in [6, 6.07) is 14.5. The van der Waals surface area contributed by atoms with Crippen molar-refractivity contribution in [2.45, 2.75) is 37.6 Å². The van der Waals surface area contributed by atoms with Gasteiger partial charge >= 0.3 is 6.09 Å². The van der Waals surface area contributed by atoms with Gasteiger partial charge in [-0.1, -0.05) is 18.2 Å². The first-order valence-electron chi connectivity index (χ1n) is 9.82. The van der Waals surface area contributed by atoms with E-state index in [1.807, 2.05) is 30.3 Å². The van der Waals surface area contributed by atoms with Crippen molar-refractivity contribution in [1.29, 1.82) is 0 Å². The number of benzene rings is 2. The van der Waals surface area contributed by atoms with Crippen LogP contribution in [0, 0.1) is 0 Å². The molecule has 1 saturated carbocycles. The minimum atomic E-state index is -1.00. The van der Waals surface area contributed by atoms with Crippen LogP contribution in [-0.4, -0.2) is 35.6 Å². The maximum Gasteiger partial charge on any atom is 0.404 e. The van der Waals surface area contributed by atoms with Gasteiger partial charge in [0.2, 0.25) is 5.91 Å². The number of carbonyl (C=O) groups excluding carboxylic acids is 2. The van der Waals surface area contributed by atoms with E-state index < -0.39 is 6.09 Å². The number of carbonyl (C=O) groups is 3. The maximum atomic E-state index is 12.6. The highest BCUT2D eigenvalue weighted by molar-refractivity contribution is 6.05. The molecule has 7 heteroatoms. The molecule has 4 rings (SSSR count). The molecule has 0 bridgehead atoms. The van der Waals surface area contributed by atoms with Crippen LogP contribution < -0.4 is 15.5 Å². The van der Waals surface area contributed by atoms with E-state index in [0.29, 0.717) is 24.2 Å². The Labute approximate surface area is 168 Å². The van der Waals surface area contributed by atoms with Crippen molar-refractivity contribution in [3.05, 3.63) is 59.7 Å². The van der Waals surface area contributed by atoms with Crippen LogP contribution >= 0.6 is 0 Å². The Hall–Kier alpha value is -3.35. The van der Waals surface area contributed by atoms with E-state index in [-0.39, 0.29) is 23.8 Å². The van der Waals surface area contributed by atoms with E-state index in [1.54, 1.807) is 23.1 Å². The minimum Gasteiger partial charge on any atom is -0.465 e. The van der Waals surface area contributed by atoms with E-state index >= 15 is 0 Å². The molecule has 0 unspecified atom stereocenters. The van der Waals surface area contributed by atoms with Gasteiger partial charge in [-0.15, -0.1) is 0 Å². The van der Waals surface area contributed by atoms with Crippen molar-refractivity contribution in [1.82, 2.24) is 5.32 Å². The van der Waals surface area contributed by atoms with Crippen LogP contribution in [0.5, 0.6) is 0 Å². The second-order valence-corrected chi connectivity index (χ2v) is 7.53. The Balaban J connectivity index is 1.40. The molecule has 2 aliphatic rings. The first-order valence-corrected chi connectivity index (χ1v) is 9.82. The molecule has 1 aliphatic carbocycles. The van der Waals surface area contributed by atoms with Gasteiger partial charge in [0.15, 0.2) is 0 Å². The molecule has 2 aromatic rings. The van der Waals surface area contributed by atoms with Gasteiger partial charge in [-0.2, -0.15) is 0 Å². The number of piperidine rings is 1. The van der Waals surface area contributed by atoms with Crippen molar-refractivity contribution >= 4 is 29.3 Å². The summed E-state index contributed by atoms with van der Waals surface area (Å²) in [5.41, 5.74) is 2.97. The van der Waals surface area contributed by atoms with Gasteiger partial charge < -0.3 is 20.6 Å². The average molecular weight is 393 g/mol. The van der Waals surface area contributed by atoms with Crippen molar-refractivity contribution in [2.75, 3.05) is 16.8 Å². The molecule has 29 heavy (non-hydrogen) atoms. The van der Waals surface area contributed by atoms with E-state index in [9.17, 15) is 14.4 Å². The first-order chi connectivity index (χ1) is 14.0. The van der Waals surface area contributed by atoms with Crippen LogP contribution in [0.2, 0.25) is 0 Å². The van der Waals surface area contributed by atoms with Gasteiger partial charge in [0.25, 0.3) is 5.91 Å². The normalized spacial score (nSPS) is 20.8. The molecule has 1 aliphatic heterocycles. The van der Waals surface area contributed by atoms with Gasteiger partial charge in [0.1, 0.15) is 0 Å². The number of nitrogens with one attached hydrogen (secondary N) is 2. The summed E-state index contributed by atoms with van der Waals surface area (Å²) < 4.78 is 0. The topological polar surface area (TPSA) is 98.7 Å². The van der Waals surface area contributed by atoms with Crippen LogP contribution in [-0.2, 0) is 4.79 Å². The lowest BCUT2D eigenvalue weighted by Gasteiger charge is -2.27. The zero-order valence-corrected chi connectivity index (χ0v) is 15.9. The molecule has 2 fully saturated rings. The summed E-state index contributed by atoms with van der Waals surface area (Å²) in [4.78, 5) is 37.2. The van der Waals surface area contributed by atoms with E-state index in [2.05, 4.69) is 10.6 Å². The summed E-state index contributed by atoms with van der Waals surface area (Å²) in [7, 11) is 0. The number of anilines is 2. The summed E-state index contributed by atoms with van der Waals surface area (Å²) in [5.74, 6) is 0.0516. The second kappa shape index (κ2) is 7.95. The number of hydrogen-bond donors (Lipinski definition) is 3. The summed E-state index contributed by atoms with van der Waals surface area (Å²) in [5, 5.41) is 14.1. The molecule has 3 N–H and O–H groups in total. The third-order valence-electron chi connectivity index (χ3n) is 5.44. The lowest BCUT2D eigenvalue weighted by atomic mass is 10.1. The average Bonchev–Trinajstić information content (AvgIpc) is 3.47. The summed E-state index contributed by atoms with van der Waals surface area (Å²) >= 11 is 0. The molecule has 0 aromatic heterocycles. The lowest BCUT2D eigenvalue weighted by molar-refractivity contribution is -0.119. The van der Waals surface area contributed by atoms with Gasteiger partial charge in [0.05, 0.1) is 0 Å². The standard InChI is InChI=1S/C22H23N3O4/c26-20-6-1-2-11-25(20)17-5-3-4-15(12-17)21(27)23-16-9-7-14(8-10-16)18-13-19(18)24-22(28)29/h3-5,7-10,12,18-19,24H,1-2,6,11,13H2,(H,23,27)(H,28,29)/t18-,19+/m0/s1. The monoisotopic (exact) mass is 393 g/mol. The molecular weight excluding hydrogens is 370 g/mol. The number of amides is 3. The molecule has 3 amide bonds. The van der Waals surface area contributed by atoms with Crippen molar-refractivity contribution in [2.24, 2.45) is 0 Å². The molecule has 1 saturated heterocycles. The molecule has 150 valence electrons. The van der Waals surface area contributed by atoms with Gasteiger partial charge in [-0.3, -0.25) is 9.59 Å². The fourth-order valence-corrected chi connectivity index (χ4v) is 3.79. The summed E-state index contributed by atoms with van der Waals surface area (Å²) in [6.07, 6.45) is 2.22. The lowest BCUT2D eigenvalue weighted by Crippen LogP contribution is -2.35. The first kappa shape index (κ1) is 19.0. The summed E-state index contributed by atoms with van der Waals surface area (Å²) in [6.45, 7) is 0.685. The molecule has 2 atom stereocenters. The van der Waals surface area contributed by atoms with E-state index in [0.717, 1.165) is 30.5 Å². The Morgan fingerprint density at radius 2 is 1.86 bits per heavy atom. The second-order valence-electron chi connectivity index (χ2n) is 7.53.